The van der Waals surface area contributed by atoms with E-state index in [0.717, 1.165) is 0 Å². The molecule has 0 radical (unpaired) electrons. The minimum atomic E-state index is -1.11. The number of nitroso groups, excluding NO2 is 1. The second-order valence-electron chi connectivity index (χ2n) is 3.15. The van der Waals surface area contributed by atoms with E-state index in [1.807, 2.05) is 0 Å². The second-order valence-corrected chi connectivity index (χ2v) is 3.15. The summed E-state index contributed by atoms with van der Waals surface area (Å²) in [6.45, 7) is 0. The van der Waals surface area contributed by atoms with Crippen molar-refractivity contribution in [1.29, 1.82) is 0 Å². The summed E-state index contributed by atoms with van der Waals surface area (Å²) in [5.74, 6) is -1.56. The van der Waals surface area contributed by atoms with Crippen LogP contribution in [0.25, 0.3) is 0 Å². The Morgan fingerprint density at radius 3 is 2.67 bits per heavy atom. The Morgan fingerprint density at radius 2 is 2.13 bits per heavy atom. The van der Waals surface area contributed by atoms with E-state index in [4.69, 9.17) is 5.11 Å². The highest BCUT2D eigenvalue weighted by molar-refractivity contribution is 5.67. The summed E-state index contributed by atoms with van der Waals surface area (Å²) < 4.78 is 13.1. The summed E-state index contributed by atoms with van der Waals surface area (Å²) in [6, 6.07) is 5.01. The molecular formula is C10H10FNO3. The molecule has 0 spiro atoms. The molecule has 0 saturated carbocycles. The van der Waals surface area contributed by atoms with Crippen molar-refractivity contribution < 1.29 is 14.3 Å². The van der Waals surface area contributed by atoms with Crippen molar-refractivity contribution >= 4 is 5.97 Å². The molecule has 80 valence electrons. The highest BCUT2D eigenvalue weighted by Crippen LogP contribution is 2.12. The van der Waals surface area contributed by atoms with Crippen molar-refractivity contribution in [1.82, 2.24) is 0 Å². The zero-order valence-electron chi connectivity index (χ0n) is 7.89. The minimum absolute atomic E-state index is 0.0163. The number of benzene rings is 1. The van der Waals surface area contributed by atoms with Crippen molar-refractivity contribution in [2.45, 2.75) is 18.9 Å². The van der Waals surface area contributed by atoms with Crippen LogP contribution in [0, 0.1) is 10.7 Å². The van der Waals surface area contributed by atoms with Crippen molar-refractivity contribution in [3.8, 4) is 0 Å². The average Bonchev–Trinajstić information content (AvgIpc) is 2.19. The predicted molar refractivity (Wildman–Crippen MR) is 51.9 cm³/mol. The predicted octanol–water partition coefficient (Wildman–Crippen LogP) is 1.98. The molecule has 0 aliphatic carbocycles. The van der Waals surface area contributed by atoms with Gasteiger partial charge in [-0.25, -0.2) is 4.39 Å². The largest absolute Gasteiger partial charge is 0.481 e. The quantitative estimate of drug-likeness (QED) is 0.757. The van der Waals surface area contributed by atoms with Crippen molar-refractivity contribution in [2.24, 2.45) is 5.18 Å². The van der Waals surface area contributed by atoms with Crippen LogP contribution in [-0.4, -0.2) is 17.1 Å². The van der Waals surface area contributed by atoms with Gasteiger partial charge in [-0.05, 0) is 11.6 Å². The zero-order valence-corrected chi connectivity index (χ0v) is 7.89. The van der Waals surface area contributed by atoms with E-state index in [1.54, 1.807) is 6.07 Å². The maximum atomic E-state index is 13.1. The summed E-state index contributed by atoms with van der Waals surface area (Å²) in [5, 5.41) is 11.1. The van der Waals surface area contributed by atoms with Crippen LogP contribution < -0.4 is 0 Å². The first-order valence-corrected chi connectivity index (χ1v) is 4.41. The number of hydrogen-bond donors (Lipinski definition) is 1. The van der Waals surface area contributed by atoms with Crippen molar-refractivity contribution in [2.75, 3.05) is 0 Å². The van der Waals surface area contributed by atoms with Crippen molar-refractivity contribution in [3.05, 3.63) is 40.6 Å². The molecule has 0 amide bonds. The Kier molecular flexibility index (Phi) is 3.91. The molecule has 1 aromatic carbocycles. The van der Waals surface area contributed by atoms with Gasteiger partial charge in [0.05, 0.1) is 6.42 Å². The molecule has 1 N–H and O–H groups in total. The number of hydrogen-bond acceptors (Lipinski definition) is 3. The summed E-state index contributed by atoms with van der Waals surface area (Å²) in [7, 11) is 0. The van der Waals surface area contributed by atoms with Gasteiger partial charge in [-0.15, -0.1) is 0 Å². The fourth-order valence-corrected chi connectivity index (χ4v) is 1.27. The van der Waals surface area contributed by atoms with Crippen LogP contribution in [0.4, 0.5) is 4.39 Å². The van der Waals surface area contributed by atoms with E-state index in [1.165, 1.54) is 18.2 Å². The van der Waals surface area contributed by atoms with Crippen LogP contribution in [-0.2, 0) is 11.2 Å². The number of carboxylic acid groups (broad SMARTS) is 1. The van der Waals surface area contributed by atoms with E-state index in [2.05, 4.69) is 5.18 Å². The zero-order chi connectivity index (χ0) is 11.3. The summed E-state index contributed by atoms with van der Waals surface area (Å²) in [6.07, 6.45) is -0.361. The van der Waals surface area contributed by atoms with Crippen LogP contribution in [0.3, 0.4) is 0 Å². The van der Waals surface area contributed by atoms with Gasteiger partial charge in [0, 0.05) is 6.42 Å². The van der Waals surface area contributed by atoms with Gasteiger partial charge in [-0.1, -0.05) is 23.4 Å². The van der Waals surface area contributed by atoms with E-state index in [0.29, 0.717) is 5.56 Å². The second kappa shape index (κ2) is 5.19. The summed E-state index contributed by atoms with van der Waals surface area (Å²) >= 11 is 0. The highest BCUT2D eigenvalue weighted by Gasteiger charge is 2.15. The minimum Gasteiger partial charge on any atom is -0.481 e. The van der Waals surface area contributed by atoms with Gasteiger partial charge in [0.25, 0.3) is 0 Å². The Hall–Kier alpha value is -1.78. The van der Waals surface area contributed by atoms with Crippen LogP contribution in [0.1, 0.15) is 12.0 Å². The lowest BCUT2D eigenvalue weighted by Gasteiger charge is -2.06. The maximum absolute atomic E-state index is 13.1. The number of nitrogens with zero attached hydrogens (tertiary/aromatic N) is 1. The van der Waals surface area contributed by atoms with E-state index < -0.39 is 17.8 Å². The number of carbonyl (C=O) groups is 1. The molecule has 0 bridgehead atoms. The van der Waals surface area contributed by atoms with E-state index >= 15 is 0 Å². The molecule has 4 nitrogen and oxygen atoms in total. The number of aliphatic carboxylic acids is 1. The number of halogens is 1. The average molecular weight is 211 g/mol. The van der Waals surface area contributed by atoms with Gasteiger partial charge >= 0.3 is 5.97 Å². The molecule has 1 atom stereocenters. The normalized spacial score (nSPS) is 12.1. The molecule has 1 rings (SSSR count). The van der Waals surface area contributed by atoms with E-state index in [9.17, 15) is 14.1 Å². The van der Waals surface area contributed by atoms with Crippen molar-refractivity contribution in [3.63, 3.8) is 0 Å². The SMILES string of the molecule is O=NC(CC(=O)O)Cc1ccccc1F. The van der Waals surface area contributed by atoms with E-state index in [-0.39, 0.29) is 12.8 Å². The lowest BCUT2D eigenvalue weighted by atomic mass is 10.0. The first-order valence-electron chi connectivity index (χ1n) is 4.41. The maximum Gasteiger partial charge on any atom is 0.305 e. The Bertz CT molecular complexity index is 367. The highest BCUT2D eigenvalue weighted by atomic mass is 19.1. The third-order valence-corrected chi connectivity index (χ3v) is 1.97. The van der Waals surface area contributed by atoms with Gasteiger partial charge in [0.15, 0.2) is 0 Å². The Morgan fingerprint density at radius 1 is 1.47 bits per heavy atom. The third kappa shape index (κ3) is 3.46. The summed E-state index contributed by atoms with van der Waals surface area (Å²) in [5.41, 5.74) is 0.309. The summed E-state index contributed by atoms with van der Waals surface area (Å²) in [4.78, 5) is 20.7. The molecule has 1 aromatic rings. The molecule has 15 heavy (non-hydrogen) atoms. The van der Waals surface area contributed by atoms with Gasteiger partial charge in [0.2, 0.25) is 0 Å². The molecule has 1 unspecified atom stereocenters. The lowest BCUT2D eigenvalue weighted by Crippen LogP contribution is -2.14. The molecule has 0 saturated heterocycles. The van der Waals surface area contributed by atoms with Gasteiger partial charge in [-0.2, -0.15) is 4.91 Å². The number of carboxylic acids is 1. The molecular weight excluding hydrogens is 201 g/mol. The number of rotatable bonds is 5. The smallest absolute Gasteiger partial charge is 0.305 e. The first kappa shape index (κ1) is 11.3. The molecule has 0 aliphatic rings. The molecule has 0 fully saturated rings. The topological polar surface area (TPSA) is 66.7 Å². The van der Waals surface area contributed by atoms with Gasteiger partial charge in [0.1, 0.15) is 11.9 Å². The fourth-order valence-electron chi connectivity index (χ4n) is 1.27. The fraction of sp³-hybridized carbons (Fsp3) is 0.300. The Labute approximate surface area is 85.7 Å². The first-order chi connectivity index (χ1) is 7.13. The molecule has 0 aliphatic heterocycles. The third-order valence-electron chi connectivity index (χ3n) is 1.97. The molecule has 0 heterocycles. The Balaban J connectivity index is 2.71. The molecule has 5 heteroatoms. The standard InChI is InChI=1S/C10H10FNO3/c11-9-4-2-1-3-7(9)5-8(12-15)6-10(13)14/h1-4,8H,5-6H2,(H,13,14). The van der Waals surface area contributed by atoms with Gasteiger partial charge < -0.3 is 5.11 Å². The lowest BCUT2D eigenvalue weighted by molar-refractivity contribution is -0.137. The molecule has 0 aromatic heterocycles. The van der Waals surface area contributed by atoms with Gasteiger partial charge in [-0.3, -0.25) is 4.79 Å². The monoisotopic (exact) mass is 211 g/mol. The van der Waals surface area contributed by atoms with Crippen LogP contribution in [0.15, 0.2) is 29.4 Å². The van der Waals surface area contributed by atoms with Crippen LogP contribution in [0.2, 0.25) is 0 Å². The van der Waals surface area contributed by atoms with Crippen LogP contribution >= 0.6 is 0 Å². The van der Waals surface area contributed by atoms with Crippen LogP contribution in [0.5, 0.6) is 0 Å².